The van der Waals surface area contributed by atoms with Gasteiger partial charge in [0.1, 0.15) is 35.1 Å². The van der Waals surface area contributed by atoms with E-state index in [1.54, 1.807) is 39.2 Å². The first-order valence-corrected chi connectivity index (χ1v) is 12.7. The van der Waals surface area contributed by atoms with Gasteiger partial charge < -0.3 is 14.4 Å². The SMILES string of the molecule is CCCCN(CCCC)c1ccc(/C=C/C=C/C=C/C2=C(C#N)C(=C(C#N)C#N)OC2(C)C)c(OC)c1. The topological polar surface area (TPSA) is 93.1 Å². The number of methoxy groups -OCH3 is 1. The largest absolute Gasteiger partial charge is 0.496 e. The molecule has 0 bridgehead atoms. The van der Waals surface area contributed by atoms with Gasteiger partial charge in [0.05, 0.1) is 7.11 Å². The third kappa shape index (κ3) is 7.63. The van der Waals surface area contributed by atoms with Crippen molar-refractivity contribution in [3.05, 3.63) is 76.6 Å². The van der Waals surface area contributed by atoms with Gasteiger partial charge in [0, 0.05) is 36.0 Å². The van der Waals surface area contributed by atoms with E-state index in [2.05, 4.69) is 43.0 Å². The Hall–Kier alpha value is -4.21. The maximum absolute atomic E-state index is 9.62. The number of hydrogen-bond donors (Lipinski definition) is 0. The number of nitrogens with zero attached hydrogens (tertiary/aromatic N) is 4. The Labute approximate surface area is 221 Å². The van der Waals surface area contributed by atoms with Crippen LogP contribution in [0.1, 0.15) is 58.9 Å². The van der Waals surface area contributed by atoms with Crippen molar-refractivity contribution in [1.82, 2.24) is 0 Å². The van der Waals surface area contributed by atoms with Crippen molar-refractivity contribution in [2.45, 2.75) is 59.0 Å². The summed E-state index contributed by atoms with van der Waals surface area (Å²) in [7, 11) is 1.69. The molecule has 1 aromatic rings. The van der Waals surface area contributed by atoms with Crippen LogP contribution in [0.4, 0.5) is 5.69 Å². The molecule has 6 nitrogen and oxygen atoms in total. The van der Waals surface area contributed by atoms with Gasteiger partial charge in [0.2, 0.25) is 0 Å². The van der Waals surface area contributed by atoms with Crippen LogP contribution >= 0.6 is 0 Å². The maximum Gasteiger partial charge on any atom is 0.172 e. The summed E-state index contributed by atoms with van der Waals surface area (Å²) in [4.78, 5) is 2.43. The van der Waals surface area contributed by atoms with E-state index in [4.69, 9.17) is 9.47 Å². The Kier molecular flexibility index (Phi) is 11.3. The Morgan fingerprint density at radius 2 is 1.59 bits per heavy atom. The van der Waals surface area contributed by atoms with Crippen LogP contribution < -0.4 is 9.64 Å². The highest BCUT2D eigenvalue weighted by Crippen LogP contribution is 2.40. The number of ether oxygens (including phenoxy) is 2. The number of nitriles is 3. The fraction of sp³-hybridized carbons (Fsp3) is 0.387. The van der Waals surface area contributed by atoms with Crippen LogP contribution in [0.3, 0.4) is 0 Å². The second-order valence-electron chi connectivity index (χ2n) is 9.16. The van der Waals surface area contributed by atoms with Crippen LogP contribution in [0.15, 0.2) is 71.1 Å². The molecule has 0 radical (unpaired) electrons. The standard InChI is InChI=1S/C31H36N4O2/c1-6-8-18-35(19-9-7-2)26-17-16-24(29(20-26)36-5)14-12-10-11-13-15-28-27(23-34)30(25(21-32)22-33)37-31(28,3)4/h10-17,20H,6-9,18-19H2,1-5H3/b11-10+,14-12+,15-13+. The van der Waals surface area contributed by atoms with Crippen LogP contribution in [-0.4, -0.2) is 25.8 Å². The molecule has 0 N–H and O–H groups in total. The Morgan fingerprint density at radius 3 is 2.14 bits per heavy atom. The fourth-order valence-corrected chi connectivity index (χ4v) is 4.02. The molecule has 1 aromatic carbocycles. The van der Waals surface area contributed by atoms with Crippen molar-refractivity contribution < 1.29 is 9.47 Å². The molecule has 1 aliphatic rings. The highest BCUT2D eigenvalue weighted by atomic mass is 16.5. The van der Waals surface area contributed by atoms with Crippen LogP contribution in [-0.2, 0) is 4.74 Å². The molecule has 0 saturated heterocycles. The van der Waals surface area contributed by atoms with Gasteiger partial charge in [-0.2, -0.15) is 15.8 Å². The van der Waals surface area contributed by atoms with Crippen molar-refractivity contribution in [1.29, 1.82) is 15.8 Å². The van der Waals surface area contributed by atoms with Crippen LogP contribution in [0.25, 0.3) is 6.08 Å². The van der Waals surface area contributed by atoms with Crippen LogP contribution in [0.5, 0.6) is 5.75 Å². The Balaban J connectivity index is 2.20. The molecule has 0 atom stereocenters. The molecule has 0 amide bonds. The number of hydrogen-bond acceptors (Lipinski definition) is 6. The summed E-state index contributed by atoms with van der Waals surface area (Å²) in [5.74, 6) is 0.869. The van der Waals surface area contributed by atoms with E-state index in [9.17, 15) is 15.8 Å². The molecule has 0 unspecified atom stereocenters. The minimum absolute atomic E-state index is 0.0412. The summed E-state index contributed by atoms with van der Waals surface area (Å²) >= 11 is 0. The third-order valence-corrected chi connectivity index (χ3v) is 6.08. The lowest BCUT2D eigenvalue weighted by molar-refractivity contribution is 0.0954. The summed E-state index contributed by atoms with van der Waals surface area (Å²) in [6, 6.07) is 12.0. The highest BCUT2D eigenvalue weighted by Gasteiger charge is 2.38. The lowest BCUT2D eigenvalue weighted by atomic mass is 9.95. The lowest BCUT2D eigenvalue weighted by Gasteiger charge is -2.25. The van der Waals surface area contributed by atoms with Crippen LogP contribution in [0, 0.1) is 34.0 Å². The van der Waals surface area contributed by atoms with Crippen molar-refractivity contribution >= 4 is 11.8 Å². The van der Waals surface area contributed by atoms with Gasteiger partial charge in [-0.25, -0.2) is 0 Å². The van der Waals surface area contributed by atoms with E-state index < -0.39 is 5.60 Å². The fourth-order valence-electron chi connectivity index (χ4n) is 4.02. The zero-order valence-corrected chi connectivity index (χ0v) is 22.5. The van der Waals surface area contributed by atoms with E-state index in [0.29, 0.717) is 5.57 Å². The molecular formula is C31H36N4O2. The molecule has 0 aromatic heterocycles. The first-order valence-electron chi connectivity index (χ1n) is 12.7. The molecule has 1 heterocycles. The molecule has 6 heteroatoms. The second kappa shape index (κ2) is 14.4. The Bertz CT molecular complexity index is 1200. The molecular weight excluding hydrogens is 460 g/mol. The van der Waals surface area contributed by atoms with Gasteiger partial charge in [0.25, 0.3) is 0 Å². The quantitative estimate of drug-likeness (QED) is 0.225. The average Bonchev–Trinajstić information content (AvgIpc) is 3.16. The number of allylic oxidation sites excluding steroid dienone is 6. The van der Waals surface area contributed by atoms with Gasteiger partial charge in [-0.15, -0.1) is 0 Å². The Morgan fingerprint density at radius 1 is 0.973 bits per heavy atom. The zero-order valence-electron chi connectivity index (χ0n) is 22.5. The normalized spacial score (nSPS) is 14.6. The smallest absolute Gasteiger partial charge is 0.172 e. The third-order valence-electron chi connectivity index (χ3n) is 6.08. The molecule has 192 valence electrons. The highest BCUT2D eigenvalue weighted by molar-refractivity contribution is 5.64. The van der Waals surface area contributed by atoms with E-state index in [0.717, 1.165) is 37.2 Å². The monoisotopic (exact) mass is 496 g/mol. The van der Waals surface area contributed by atoms with Gasteiger partial charge in [-0.05, 0) is 38.8 Å². The van der Waals surface area contributed by atoms with Gasteiger partial charge in [-0.3, -0.25) is 0 Å². The van der Waals surface area contributed by atoms with Crippen molar-refractivity contribution in [3.63, 3.8) is 0 Å². The predicted molar refractivity (Wildman–Crippen MR) is 148 cm³/mol. The van der Waals surface area contributed by atoms with Crippen molar-refractivity contribution in [2.24, 2.45) is 0 Å². The van der Waals surface area contributed by atoms with Gasteiger partial charge >= 0.3 is 0 Å². The predicted octanol–water partition coefficient (Wildman–Crippen LogP) is 7.16. The van der Waals surface area contributed by atoms with Crippen molar-refractivity contribution in [3.8, 4) is 24.0 Å². The zero-order chi connectivity index (χ0) is 27.3. The molecule has 0 fully saturated rings. The second-order valence-corrected chi connectivity index (χ2v) is 9.16. The first kappa shape index (κ1) is 29.0. The first-order chi connectivity index (χ1) is 17.9. The van der Waals surface area contributed by atoms with E-state index in [1.165, 1.54) is 18.5 Å². The van der Waals surface area contributed by atoms with Gasteiger partial charge in [-0.1, -0.05) is 63.1 Å². The van der Waals surface area contributed by atoms with E-state index >= 15 is 0 Å². The molecule has 2 rings (SSSR count). The minimum atomic E-state index is -0.823. The summed E-state index contributed by atoms with van der Waals surface area (Å²) in [5.41, 5.74) is 1.97. The molecule has 37 heavy (non-hydrogen) atoms. The van der Waals surface area contributed by atoms with Crippen molar-refractivity contribution in [2.75, 3.05) is 25.1 Å². The average molecular weight is 497 g/mol. The summed E-state index contributed by atoms with van der Waals surface area (Å²) < 4.78 is 11.4. The number of anilines is 1. The maximum atomic E-state index is 9.62. The van der Waals surface area contributed by atoms with E-state index in [1.807, 2.05) is 30.4 Å². The molecule has 0 spiro atoms. The lowest BCUT2D eigenvalue weighted by Crippen LogP contribution is -2.25. The van der Waals surface area contributed by atoms with E-state index in [-0.39, 0.29) is 16.9 Å². The number of benzene rings is 1. The molecule has 0 aliphatic carbocycles. The summed E-state index contributed by atoms with van der Waals surface area (Å²) in [5, 5.41) is 28.0. The molecule has 1 aliphatic heterocycles. The van der Waals surface area contributed by atoms with Crippen LogP contribution in [0.2, 0.25) is 0 Å². The summed E-state index contributed by atoms with van der Waals surface area (Å²) in [6.45, 7) is 10.1. The number of unbranched alkanes of at least 4 members (excludes halogenated alkanes) is 2. The van der Waals surface area contributed by atoms with Gasteiger partial charge in [0.15, 0.2) is 11.3 Å². The minimum Gasteiger partial charge on any atom is -0.496 e. The summed E-state index contributed by atoms with van der Waals surface area (Å²) in [6.07, 6.45) is 15.9. The molecule has 0 saturated carbocycles. The number of rotatable bonds is 12.